The number of nitrogens with one attached hydrogen (secondary N) is 1. The molecule has 0 saturated carbocycles. The van der Waals surface area contributed by atoms with E-state index in [-0.39, 0.29) is 11.5 Å². The number of anilines is 1. The van der Waals surface area contributed by atoms with Crippen molar-refractivity contribution >= 4 is 23.2 Å². The van der Waals surface area contributed by atoms with Crippen LogP contribution in [-0.2, 0) is 0 Å². The van der Waals surface area contributed by atoms with E-state index in [9.17, 15) is 9.59 Å². The summed E-state index contributed by atoms with van der Waals surface area (Å²) in [6, 6.07) is 13.3. The smallest absolute Gasteiger partial charge is 0.257 e. The Balaban J connectivity index is 0.00000205. The molecule has 4 rings (SSSR count). The van der Waals surface area contributed by atoms with Crippen LogP contribution in [0.2, 0.25) is 0 Å². The van der Waals surface area contributed by atoms with Crippen LogP contribution in [0.5, 0.6) is 0 Å². The molecule has 7 nitrogen and oxygen atoms in total. The van der Waals surface area contributed by atoms with Crippen molar-refractivity contribution < 1.29 is 4.79 Å². The normalized spacial score (nSPS) is 13.7. The molecule has 1 aliphatic heterocycles. The third-order valence-electron chi connectivity index (χ3n) is 6.70. The third kappa shape index (κ3) is 7.33. The van der Waals surface area contributed by atoms with Crippen molar-refractivity contribution in [3.8, 4) is 5.69 Å². The standard InChI is InChI=1S/C30H35N5O2.C2H6/c1-21(18-27-22(2)32-14-10-28(27)35-17-13-26(31-3)19-29(35)36)20-34-15-11-24(12-16-34)23-6-8-25(9-7-23)30(37)33(4)5;1-2/h6-11,13-14,17-19,31H,12,15-16,20H2,1-5H3;1-2H3/b21-18+;. The van der Waals surface area contributed by atoms with Crippen LogP contribution in [0, 0.1) is 6.92 Å². The molecule has 3 aromatic rings. The third-order valence-corrected chi connectivity index (χ3v) is 6.70. The molecule has 3 heterocycles. The van der Waals surface area contributed by atoms with E-state index in [0.717, 1.165) is 48.7 Å². The van der Waals surface area contributed by atoms with Gasteiger partial charge in [0.1, 0.15) is 0 Å². The van der Waals surface area contributed by atoms with Gasteiger partial charge in [-0.3, -0.25) is 24.0 Å². The lowest BCUT2D eigenvalue weighted by atomic mass is 9.98. The number of pyridine rings is 2. The molecular formula is C32H41N5O2. The van der Waals surface area contributed by atoms with Crippen LogP contribution < -0.4 is 10.9 Å². The molecule has 2 aromatic heterocycles. The summed E-state index contributed by atoms with van der Waals surface area (Å²) >= 11 is 0. The van der Waals surface area contributed by atoms with Crippen LogP contribution in [0.25, 0.3) is 17.3 Å². The van der Waals surface area contributed by atoms with Gasteiger partial charge in [0.15, 0.2) is 0 Å². The summed E-state index contributed by atoms with van der Waals surface area (Å²) in [4.78, 5) is 33.4. The van der Waals surface area contributed by atoms with Gasteiger partial charge in [-0.25, -0.2) is 0 Å². The van der Waals surface area contributed by atoms with Crippen LogP contribution >= 0.6 is 0 Å². The van der Waals surface area contributed by atoms with Crippen LogP contribution in [0.3, 0.4) is 0 Å². The second-order valence-corrected chi connectivity index (χ2v) is 9.68. The summed E-state index contributed by atoms with van der Waals surface area (Å²) in [6.07, 6.45) is 8.93. The fourth-order valence-corrected chi connectivity index (χ4v) is 4.63. The van der Waals surface area contributed by atoms with Gasteiger partial charge in [0.05, 0.1) is 5.69 Å². The largest absolute Gasteiger partial charge is 0.388 e. The quantitative estimate of drug-likeness (QED) is 0.439. The highest BCUT2D eigenvalue weighted by molar-refractivity contribution is 5.94. The zero-order valence-electron chi connectivity index (χ0n) is 24.3. The van der Waals surface area contributed by atoms with Crippen LogP contribution in [0.4, 0.5) is 5.69 Å². The van der Waals surface area contributed by atoms with Gasteiger partial charge in [-0.2, -0.15) is 0 Å². The van der Waals surface area contributed by atoms with Gasteiger partial charge in [-0.05, 0) is 55.7 Å². The van der Waals surface area contributed by atoms with E-state index in [1.165, 1.54) is 16.7 Å². The second-order valence-electron chi connectivity index (χ2n) is 9.68. The highest BCUT2D eigenvalue weighted by Crippen LogP contribution is 2.25. The lowest BCUT2D eigenvalue weighted by Gasteiger charge is -2.27. The maximum Gasteiger partial charge on any atom is 0.257 e. The first-order valence-corrected chi connectivity index (χ1v) is 13.5. The van der Waals surface area contributed by atoms with Gasteiger partial charge < -0.3 is 10.2 Å². The van der Waals surface area contributed by atoms with E-state index in [1.807, 2.05) is 57.2 Å². The minimum absolute atomic E-state index is 0.0180. The molecule has 1 N–H and O–H groups in total. The number of nitrogens with zero attached hydrogens (tertiary/aromatic N) is 4. The molecule has 0 radical (unpaired) electrons. The Kier molecular flexibility index (Phi) is 10.4. The number of amides is 1. The predicted molar refractivity (Wildman–Crippen MR) is 163 cm³/mol. The van der Waals surface area contributed by atoms with Crippen LogP contribution in [0.15, 0.2) is 71.3 Å². The molecule has 0 atom stereocenters. The molecule has 7 heteroatoms. The van der Waals surface area contributed by atoms with Crippen LogP contribution in [-0.4, -0.2) is 66.0 Å². The minimum atomic E-state index is -0.0856. The number of hydrogen-bond donors (Lipinski definition) is 1. The molecule has 39 heavy (non-hydrogen) atoms. The van der Waals surface area contributed by atoms with E-state index in [2.05, 4.69) is 34.3 Å². The fourth-order valence-electron chi connectivity index (χ4n) is 4.63. The molecule has 0 bridgehead atoms. The summed E-state index contributed by atoms with van der Waals surface area (Å²) in [7, 11) is 5.33. The van der Waals surface area contributed by atoms with Gasteiger partial charge in [-0.1, -0.05) is 43.7 Å². The minimum Gasteiger partial charge on any atom is -0.388 e. The number of aromatic nitrogens is 2. The summed E-state index contributed by atoms with van der Waals surface area (Å²) in [5.41, 5.74) is 7.78. The van der Waals surface area contributed by atoms with Crippen molar-refractivity contribution in [3.63, 3.8) is 0 Å². The molecular weight excluding hydrogens is 486 g/mol. The van der Waals surface area contributed by atoms with Crippen molar-refractivity contribution in [3.05, 3.63) is 99.2 Å². The van der Waals surface area contributed by atoms with Crippen molar-refractivity contribution in [1.82, 2.24) is 19.4 Å². The molecule has 1 aliphatic rings. The number of carbonyl (C=O) groups is 1. The monoisotopic (exact) mass is 527 g/mol. The van der Waals surface area contributed by atoms with Crippen molar-refractivity contribution in [1.29, 1.82) is 0 Å². The lowest BCUT2D eigenvalue weighted by Crippen LogP contribution is -2.30. The maximum atomic E-state index is 12.7. The SMILES string of the molecule is CC.CNc1ccn(-c2ccnc(C)c2/C=C(\C)CN2CC=C(c3ccc(C(=O)N(C)C)cc3)CC2)c(=O)c1. The average Bonchev–Trinajstić information content (AvgIpc) is 2.95. The first-order valence-electron chi connectivity index (χ1n) is 13.5. The topological polar surface area (TPSA) is 70.5 Å². The van der Waals surface area contributed by atoms with Gasteiger partial charge in [-0.15, -0.1) is 0 Å². The zero-order chi connectivity index (χ0) is 28.5. The second kappa shape index (κ2) is 13.7. The summed E-state index contributed by atoms with van der Waals surface area (Å²) < 4.78 is 1.67. The highest BCUT2D eigenvalue weighted by Gasteiger charge is 2.15. The van der Waals surface area contributed by atoms with E-state index in [4.69, 9.17) is 0 Å². The molecule has 0 fully saturated rings. The van der Waals surface area contributed by atoms with E-state index >= 15 is 0 Å². The number of carbonyl (C=O) groups excluding carboxylic acids is 1. The summed E-state index contributed by atoms with van der Waals surface area (Å²) in [6.45, 7) is 10.8. The van der Waals surface area contributed by atoms with E-state index in [1.54, 1.807) is 49.1 Å². The number of benzene rings is 1. The molecule has 0 aliphatic carbocycles. The molecule has 0 saturated heterocycles. The Morgan fingerprint density at radius 3 is 2.44 bits per heavy atom. The van der Waals surface area contributed by atoms with Crippen molar-refractivity contribution in [2.24, 2.45) is 0 Å². The first kappa shape index (κ1) is 29.6. The van der Waals surface area contributed by atoms with Gasteiger partial charge in [0.25, 0.3) is 11.5 Å². The Labute approximate surface area is 232 Å². The van der Waals surface area contributed by atoms with Crippen LogP contribution in [0.1, 0.15) is 54.4 Å². The fraction of sp³-hybridized carbons (Fsp3) is 0.344. The van der Waals surface area contributed by atoms with Gasteiger partial charge >= 0.3 is 0 Å². The average molecular weight is 528 g/mol. The van der Waals surface area contributed by atoms with Gasteiger partial charge in [0, 0.05) is 81.7 Å². The van der Waals surface area contributed by atoms with E-state index in [0.29, 0.717) is 5.56 Å². The molecule has 1 amide bonds. The Bertz CT molecular complexity index is 1400. The van der Waals surface area contributed by atoms with Crippen molar-refractivity contribution in [2.75, 3.05) is 46.1 Å². The zero-order valence-corrected chi connectivity index (χ0v) is 24.3. The Morgan fingerprint density at radius 2 is 1.85 bits per heavy atom. The highest BCUT2D eigenvalue weighted by atomic mass is 16.2. The lowest BCUT2D eigenvalue weighted by molar-refractivity contribution is 0.0827. The van der Waals surface area contributed by atoms with E-state index < -0.39 is 0 Å². The Hall–Kier alpha value is -3.97. The predicted octanol–water partition coefficient (Wildman–Crippen LogP) is 5.50. The van der Waals surface area contributed by atoms with Crippen molar-refractivity contribution in [2.45, 2.75) is 34.1 Å². The molecule has 0 unspecified atom stereocenters. The molecule has 206 valence electrons. The number of rotatable bonds is 7. The number of hydrogen-bond acceptors (Lipinski definition) is 5. The first-order chi connectivity index (χ1) is 18.8. The Morgan fingerprint density at radius 1 is 1.13 bits per heavy atom. The molecule has 0 spiro atoms. The number of aryl methyl sites for hydroxylation is 1. The summed E-state index contributed by atoms with van der Waals surface area (Å²) in [5.74, 6) is 0.0180. The summed E-state index contributed by atoms with van der Waals surface area (Å²) in [5, 5.41) is 3.01. The van der Waals surface area contributed by atoms with Gasteiger partial charge in [0.2, 0.25) is 0 Å². The maximum absolute atomic E-state index is 12.7. The molecule has 1 aromatic carbocycles.